The van der Waals surface area contributed by atoms with Gasteiger partial charge < -0.3 is 9.47 Å². The minimum absolute atomic E-state index is 0.109. The Bertz CT molecular complexity index is 1090. The van der Waals surface area contributed by atoms with Gasteiger partial charge in [0.05, 0.1) is 32.0 Å². The summed E-state index contributed by atoms with van der Waals surface area (Å²) < 4.78 is 12.8. The normalized spacial score (nSPS) is 19.2. The van der Waals surface area contributed by atoms with Crippen LogP contribution in [0.5, 0.6) is 0 Å². The summed E-state index contributed by atoms with van der Waals surface area (Å²) in [5.41, 5.74) is 4.77. The molecule has 0 aromatic heterocycles. The van der Waals surface area contributed by atoms with Gasteiger partial charge in [-0.3, -0.25) is 4.90 Å². The zero-order valence-corrected chi connectivity index (χ0v) is 20.4. The average molecular weight is 467 g/mol. The van der Waals surface area contributed by atoms with Crippen LogP contribution in [0, 0.1) is 11.3 Å². The van der Waals surface area contributed by atoms with Crippen molar-refractivity contribution in [3.05, 3.63) is 119 Å². The molecule has 1 aliphatic rings. The second-order valence-corrected chi connectivity index (χ2v) is 9.11. The topological polar surface area (TPSA) is 45.5 Å². The summed E-state index contributed by atoms with van der Waals surface area (Å²) >= 11 is 0. The highest BCUT2D eigenvalue weighted by molar-refractivity contribution is 5.22. The van der Waals surface area contributed by atoms with Gasteiger partial charge in [0.25, 0.3) is 0 Å². The van der Waals surface area contributed by atoms with Crippen LogP contribution < -0.4 is 0 Å². The number of nitriles is 1. The lowest BCUT2D eigenvalue weighted by atomic mass is 9.90. The molecule has 4 rings (SSSR count). The highest BCUT2D eigenvalue weighted by atomic mass is 16.5. The maximum Gasteiger partial charge on any atom is 0.0971 e. The number of benzene rings is 3. The SMILES string of the molecule is C[C@@H](c1ccccc1)N1CC/C(=C/C#N)C[C@@H]1[C@@H](COCc1ccccc1)OCc1ccccc1. The molecular formula is C31H34N2O2. The summed E-state index contributed by atoms with van der Waals surface area (Å²) in [6.07, 6.45) is 3.29. The van der Waals surface area contributed by atoms with E-state index in [1.807, 2.05) is 36.4 Å². The van der Waals surface area contributed by atoms with Gasteiger partial charge >= 0.3 is 0 Å². The van der Waals surface area contributed by atoms with Gasteiger partial charge in [0.2, 0.25) is 0 Å². The van der Waals surface area contributed by atoms with Gasteiger partial charge in [0.1, 0.15) is 0 Å². The number of likely N-dealkylation sites (tertiary alicyclic amines) is 1. The zero-order valence-electron chi connectivity index (χ0n) is 20.4. The first-order chi connectivity index (χ1) is 17.2. The molecule has 0 radical (unpaired) electrons. The largest absolute Gasteiger partial charge is 0.374 e. The number of hydrogen-bond acceptors (Lipinski definition) is 4. The van der Waals surface area contributed by atoms with Crippen molar-refractivity contribution in [3.8, 4) is 6.07 Å². The van der Waals surface area contributed by atoms with Crippen LogP contribution in [0.1, 0.15) is 42.5 Å². The molecule has 0 aliphatic carbocycles. The van der Waals surface area contributed by atoms with E-state index in [1.54, 1.807) is 6.08 Å². The fraction of sp³-hybridized carbons (Fsp3) is 0.323. The molecule has 1 fully saturated rings. The van der Waals surface area contributed by atoms with Crippen molar-refractivity contribution >= 4 is 0 Å². The van der Waals surface area contributed by atoms with Crippen LogP contribution in [0.3, 0.4) is 0 Å². The van der Waals surface area contributed by atoms with E-state index < -0.39 is 0 Å². The Morgan fingerprint density at radius 1 is 0.914 bits per heavy atom. The van der Waals surface area contributed by atoms with Crippen LogP contribution in [0.2, 0.25) is 0 Å². The Morgan fingerprint density at radius 2 is 1.51 bits per heavy atom. The van der Waals surface area contributed by atoms with Gasteiger partial charge in [-0.2, -0.15) is 5.26 Å². The molecule has 35 heavy (non-hydrogen) atoms. The van der Waals surface area contributed by atoms with Crippen LogP contribution in [0.4, 0.5) is 0 Å². The monoisotopic (exact) mass is 466 g/mol. The molecule has 3 aromatic carbocycles. The fourth-order valence-corrected chi connectivity index (χ4v) is 4.81. The Kier molecular flexibility index (Phi) is 9.25. The maximum atomic E-state index is 9.32. The van der Waals surface area contributed by atoms with Gasteiger partial charge in [0.15, 0.2) is 0 Å². The van der Waals surface area contributed by atoms with Crippen molar-refractivity contribution in [3.63, 3.8) is 0 Å². The standard InChI is InChI=1S/C31H34N2O2/c1-25(29-15-9-4-10-16-29)33-20-18-26(17-19-32)21-30(33)31(35-23-28-13-7-3-8-14-28)24-34-22-27-11-5-2-6-12-27/h2-17,25,30-31H,18,20-24H2,1H3/b26-17-/t25-,30+,31+/m0/s1. The van der Waals surface area contributed by atoms with E-state index in [-0.39, 0.29) is 18.2 Å². The minimum atomic E-state index is -0.132. The Labute approximate surface area is 209 Å². The van der Waals surface area contributed by atoms with E-state index in [0.29, 0.717) is 19.8 Å². The molecule has 0 N–H and O–H groups in total. The summed E-state index contributed by atoms with van der Waals surface area (Å²) in [6, 6.07) is 33.7. The lowest BCUT2D eigenvalue weighted by molar-refractivity contribution is -0.0837. The quantitative estimate of drug-likeness (QED) is 0.322. The second kappa shape index (κ2) is 13.0. The van der Waals surface area contributed by atoms with E-state index in [9.17, 15) is 5.26 Å². The number of rotatable bonds is 10. The average Bonchev–Trinajstić information content (AvgIpc) is 2.92. The second-order valence-electron chi connectivity index (χ2n) is 9.11. The molecule has 1 aliphatic heterocycles. The molecule has 1 saturated heterocycles. The van der Waals surface area contributed by atoms with Crippen molar-refractivity contribution in [1.82, 2.24) is 4.90 Å². The minimum Gasteiger partial charge on any atom is -0.374 e. The number of piperidine rings is 1. The molecule has 4 heteroatoms. The third-order valence-electron chi connectivity index (χ3n) is 6.77. The predicted octanol–water partition coefficient (Wildman–Crippen LogP) is 6.46. The lowest BCUT2D eigenvalue weighted by Crippen LogP contribution is -2.50. The number of ether oxygens (including phenoxy) is 2. The Morgan fingerprint density at radius 3 is 2.14 bits per heavy atom. The van der Waals surface area contributed by atoms with Crippen molar-refractivity contribution < 1.29 is 9.47 Å². The van der Waals surface area contributed by atoms with E-state index in [4.69, 9.17) is 9.47 Å². The van der Waals surface area contributed by atoms with Gasteiger partial charge in [0, 0.05) is 24.7 Å². The Balaban J connectivity index is 1.55. The van der Waals surface area contributed by atoms with Crippen LogP contribution in [0.15, 0.2) is 103 Å². The maximum absolute atomic E-state index is 9.32. The number of allylic oxidation sites excluding steroid dienone is 1. The fourth-order valence-electron chi connectivity index (χ4n) is 4.81. The van der Waals surface area contributed by atoms with E-state index in [0.717, 1.165) is 30.5 Å². The smallest absolute Gasteiger partial charge is 0.0971 e. The molecule has 3 aromatic rings. The molecule has 0 bridgehead atoms. The van der Waals surface area contributed by atoms with Gasteiger partial charge in [-0.15, -0.1) is 0 Å². The summed E-state index contributed by atoms with van der Waals surface area (Å²) in [5.74, 6) is 0. The van der Waals surface area contributed by atoms with E-state index >= 15 is 0 Å². The summed E-state index contributed by atoms with van der Waals surface area (Å²) in [7, 11) is 0. The van der Waals surface area contributed by atoms with E-state index in [2.05, 4.69) is 72.5 Å². The summed E-state index contributed by atoms with van der Waals surface area (Å²) in [5, 5.41) is 9.32. The molecule has 0 unspecified atom stereocenters. The molecular weight excluding hydrogens is 432 g/mol. The number of hydrogen-bond donors (Lipinski definition) is 0. The van der Waals surface area contributed by atoms with Crippen molar-refractivity contribution in [2.24, 2.45) is 0 Å². The van der Waals surface area contributed by atoms with Gasteiger partial charge in [-0.25, -0.2) is 0 Å². The summed E-state index contributed by atoms with van der Waals surface area (Å²) in [6.45, 7) is 4.72. The predicted molar refractivity (Wildman–Crippen MR) is 139 cm³/mol. The molecule has 0 saturated carbocycles. The van der Waals surface area contributed by atoms with Crippen molar-refractivity contribution in [2.45, 2.75) is 51.2 Å². The van der Waals surface area contributed by atoms with Gasteiger partial charge in [-0.05, 0) is 36.5 Å². The van der Waals surface area contributed by atoms with Crippen LogP contribution in [-0.2, 0) is 22.7 Å². The molecule has 3 atom stereocenters. The molecule has 0 amide bonds. The lowest BCUT2D eigenvalue weighted by Gasteiger charge is -2.44. The van der Waals surface area contributed by atoms with Crippen LogP contribution >= 0.6 is 0 Å². The molecule has 1 heterocycles. The van der Waals surface area contributed by atoms with Crippen LogP contribution in [0.25, 0.3) is 0 Å². The van der Waals surface area contributed by atoms with Crippen LogP contribution in [-0.4, -0.2) is 30.2 Å². The molecule has 180 valence electrons. The first kappa shape index (κ1) is 24.9. The number of nitrogens with zero attached hydrogens (tertiary/aromatic N) is 2. The molecule has 4 nitrogen and oxygen atoms in total. The third kappa shape index (κ3) is 7.13. The first-order valence-electron chi connectivity index (χ1n) is 12.4. The zero-order chi connectivity index (χ0) is 24.3. The third-order valence-corrected chi connectivity index (χ3v) is 6.77. The van der Waals surface area contributed by atoms with Gasteiger partial charge in [-0.1, -0.05) is 96.6 Å². The van der Waals surface area contributed by atoms with Crippen molar-refractivity contribution in [2.75, 3.05) is 13.2 Å². The van der Waals surface area contributed by atoms with Crippen molar-refractivity contribution in [1.29, 1.82) is 5.26 Å². The first-order valence-corrected chi connectivity index (χ1v) is 12.4. The van der Waals surface area contributed by atoms with E-state index in [1.165, 1.54) is 11.1 Å². The highest BCUT2D eigenvalue weighted by Crippen LogP contribution is 2.33. The highest BCUT2D eigenvalue weighted by Gasteiger charge is 2.35. The Hall–Kier alpha value is -3.23. The molecule has 0 spiro atoms. The summed E-state index contributed by atoms with van der Waals surface area (Å²) in [4.78, 5) is 2.53.